The van der Waals surface area contributed by atoms with Gasteiger partial charge in [0.25, 0.3) is 0 Å². The monoisotopic (exact) mass is 335 g/mol. The van der Waals surface area contributed by atoms with Gasteiger partial charge in [-0.1, -0.05) is 17.7 Å². The average molecular weight is 336 g/mol. The Kier molecular flexibility index (Phi) is 5.88. The van der Waals surface area contributed by atoms with Crippen LogP contribution in [0.1, 0.15) is 23.7 Å². The van der Waals surface area contributed by atoms with E-state index < -0.39 is 18.0 Å². The summed E-state index contributed by atoms with van der Waals surface area (Å²) in [6, 6.07) is 7.43. The highest BCUT2D eigenvalue weighted by Gasteiger charge is 2.22. The molecule has 0 spiro atoms. The van der Waals surface area contributed by atoms with Gasteiger partial charge in [0, 0.05) is 30.4 Å². The number of aromatic nitrogens is 1. The van der Waals surface area contributed by atoms with Crippen LogP contribution in [-0.4, -0.2) is 22.7 Å². The molecule has 5 nitrogen and oxygen atoms in total. The summed E-state index contributed by atoms with van der Waals surface area (Å²) < 4.78 is 19.9. The number of nitriles is 1. The number of hydrogen-bond donors (Lipinski definition) is 2. The van der Waals surface area contributed by atoms with Crippen molar-refractivity contribution in [1.82, 2.24) is 4.98 Å². The van der Waals surface area contributed by atoms with Crippen molar-refractivity contribution in [1.29, 1.82) is 5.26 Å². The Morgan fingerprint density at radius 1 is 1.43 bits per heavy atom. The first-order valence-corrected chi connectivity index (χ1v) is 7.25. The van der Waals surface area contributed by atoms with E-state index in [9.17, 15) is 4.39 Å². The van der Waals surface area contributed by atoms with Crippen molar-refractivity contribution < 1.29 is 14.2 Å². The quantitative estimate of drug-likeness (QED) is 0.846. The fourth-order valence-corrected chi connectivity index (χ4v) is 2.19. The number of rotatable bonds is 6. The first kappa shape index (κ1) is 17.2. The van der Waals surface area contributed by atoms with E-state index in [0.717, 1.165) is 0 Å². The molecule has 0 unspecified atom stereocenters. The Balaban J connectivity index is 2.39. The van der Waals surface area contributed by atoms with Crippen LogP contribution in [0, 0.1) is 17.1 Å². The van der Waals surface area contributed by atoms with Crippen LogP contribution in [0.4, 0.5) is 4.39 Å². The third-order valence-electron chi connectivity index (χ3n) is 3.24. The lowest BCUT2D eigenvalue weighted by Crippen LogP contribution is -2.28. The van der Waals surface area contributed by atoms with Gasteiger partial charge in [0.2, 0.25) is 0 Å². The van der Waals surface area contributed by atoms with Gasteiger partial charge in [-0.15, -0.1) is 0 Å². The Labute approximate surface area is 138 Å². The number of halogens is 2. The van der Waals surface area contributed by atoms with Crippen LogP contribution >= 0.6 is 11.6 Å². The summed E-state index contributed by atoms with van der Waals surface area (Å²) >= 11 is 5.76. The van der Waals surface area contributed by atoms with E-state index in [-0.39, 0.29) is 29.4 Å². The van der Waals surface area contributed by atoms with Crippen molar-refractivity contribution in [3.05, 3.63) is 58.6 Å². The molecule has 7 heteroatoms. The number of nitrogens with zero attached hydrogens (tertiary/aromatic N) is 2. The number of nitrogens with two attached hydrogens (primary N) is 1. The van der Waals surface area contributed by atoms with E-state index in [1.165, 1.54) is 12.1 Å². The van der Waals surface area contributed by atoms with Crippen LogP contribution in [0.15, 0.2) is 36.7 Å². The highest BCUT2D eigenvalue weighted by atomic mass is 35.5. The van der Waals surface area contributed by atoms with Gasteiger partial charge in [0.05, 0.1) is 17.2 Å². The van der Waals surface area contributed by atoms with Gasteiger partial charge < -0.3 is 15.6 Å². The molecule has 23 heavy (non-hydrogen) atoms. The summed E-state index contributed by atoms with van der Waals surface area (Å²) in [6.45, 7) is -0.247. The lowest BCUT2D eigenvalue weighted by atomic mass is 10.0. The fourth-order valence-electron chi connectivity index (χ4n) is 2.05. The lowest BCUT2D eigenvalue weighted by Gasteiger charge is -2.22. The smallest absolute Gasteiger partial charge is 0.185 e. The second-order valence-electron chi connectivity index (χ2n) is 4.92. The average Bonchev–Trinajstić information content (AvgIpc) is 2.59. The Morgan fingerprint density at radius 2 is 2.22 bits per heavy atom. The second-order valence-corrected chi connectivity index (χ2v) is 5.33. The van der Waals surface area contributed by atoms with Crippen LogP contribution < -0.4 is 10.5 Å². The summed E-state index contributed by atoms with van der Waals surface area (Å²) in [6.07, 6.45) is 2.70. The van der Waals surface area contributed by atoms with E-state index in [1.807, 2.05) is 6.07 Å². The summed E-state index contributed by atoms with van der Waals surface area (Å²) in [5.74, 6) is -1.05. The molecule has 120 valence electrons. The lowest BCUT2D eigenvalue weighted by molar-refractivity contribution is 0.156. The maximum Gasteiger partial charge on any atom is 0.185 e. The zero-order valence-electron chi connectivity index (χ0n) is 12.1. The highest BCUT2D eigenvalue weighted by molar-refractivity contribution is 6.30. The minimum atomic E-state index is -0.808. The molecule has 1 aromatic heterocycles. The molecule has 0 amide bonds. The van der Waals surface area contributed by atoms with Gasteiger partial charge >= 0.3 is 0 Å². The molecule has 0 aliphatic rings. The van der Waals surface area contributed by atoms with Crippen molar-refractivity contribution in [2.24, 2.45) is 5.73 Å². The predicted molar refractivity (Wildman–Crippen MR) is 83.4 cm³/mol. The molecule has 2 atom stereocenters. The zero-order valence-corrected chi connectivity index (χ0v) is 12.9. The summed E-state index contributed by atoms with van der Waals surface area (Å²) in [7, 11) is 0. The van der Waals surface area contributed by atoms with Crippen molar-refractivity contribution in [3.8, 4) is 11.8 Å². The van der Waals surface area contributed by atoms with Gasteiger partial charge in [-0.3, -0.25) is 4.98 Å². The molecule has 2 aromatic rings. The van der Waals surface area contributed by atoms with Crippen molar-refractivity contribution in [3.63, 3.8) is 0 Å². The van der Waals surface area contributed by atoms with Gasteiger partial charge in [-0.25, -0.2) is 4.39 Å². The van der Waals surface area contributed by atoms with Crippen LogP contribution in [0.2, 0.25) is 5.02 Å². The molecule has 0 saturated heterocycles. The third-order valence-corrected chi connectivity index (χ3v) is 3.53. The van der Waals surface area contributed by atoms with E-state index in [2.05, 4.69) is 4.98 Å². The van der Waals surface area contributed by atoms with Crippen molar-refractivity contribution >= 4 is 11.6 Å². The van der Waals surface area contributed by atoms with Crippen LogP contribution in [0.3, 0.4) is 0 Å². The Hall–Kier alpha value is -2.20. The van der Waals surface area contributed by atoms with E-state index in [4.69, 9.17) is 32.4 Å². The molecule has 3 N–H and O–H groups in total. The maximum absolute atomic E-state index is 14.2. The van der Waals surface area contributed by atoms with E-state index in [1.54, 1.807) is 24.5 Å². The fraction of sp³-hybridized carbons (Fsp3) is 0.250. The maximum atomic E-state index is 14.2. The largest absolute Gasteiger partial charge is 0.481 e. The third kappa shape index (κ3) is 4.17. The molecule has 0 aliphatic heterocycles. The molecule has 0 radical (unpaired) electrons. The molecular weight excluding hydrogens is 321 g/mol. The molecule has 1 heterocycles. The summed E-state index contributed by atoms with van der Waals surface area (Å²) in [5.41, 5.74) is 6.45. The van der Waals surface area contributed by atoms with Crippen molar-refractivity contribution in [2.75, 3.05) is 6.61 Å². The van der Waals surface area contributed by atoms with Gasteiger partial charge in [-0.05, 0) is 18.2 Å². The Morgan fingerprint density at radius 3 is 2.83 bits per heavy atom. The normalized spacial score (nSPS) is 13.2. The molecular formula is C16H15ClFN3O2. The number of ether oxygens (including phenoxy) is 1. The van der Waals surface area contributed by atoms with Gasteiger partial charge in [0.1, 0.15) is 12.2 Å². The molecule has 0 saturated carbocycles. The number of hydrogen-bond acceptors (Lipinski definition) is 5. The number of aliphatic hydroxyl groups is 1. The topological polar surface area (TPSA) is 92.2 Å². The number of aliphatic hydroxyl groups excluding tert-OH is 1. The minimum absolute atomic E-state index is 0.0263. The molecule has 1 aromatic carbocycles. The second kappa shape index (κ2) is 7.88. The first-order valence-electron chi connectivity index (χ1n) is 6.88. The highest BCUT2D eigenvalue weighted by Crippen LogP contribution is 2.33. The predicted octanol–water partition coefficient (Wildman–Crippen LogP) is 2.58. The standard InChI is InChI=1S/C16H15ClFN3O2/c17-13-4-3-10(7-19)16(15(13)18)23-14(6-12(20)9-22)11-2-1-5-21-8-11/h1-5,8,12,14,22H,6,9,20H2/t12-,14+/m0/s1. The van der Waals surface area contributed by atoms with Gasteiger partial charge in [0.15, 0.2) is 11.6 Å². The number of benzene rings is 1. The van der Waals surface area contributed by atoms with Crippen LogP contribution in [0.25, 0.3) is 0 Å². The molecule has 0 aliphatic carbocycles. The summed E-state index contributed by atoms with van der Waals surface area (Å²) in [5, 5.41) is 18.1. The molecule has 2 rings (SSSR count). The SMILES string of the molecule is N#Cc1ccc(Cl)c(F)c1O[C@H](C[C@H](N)CO)c1cccnc1. The summed E-state index contributed by atoms with van der Waals surface area (Å²) in [4.78, 5) is 3.99. The van der Waals surface area contributed by atoms with Crippen LogP contribution in [-0.2, 0) is 0 Å². The van der Waals surface area contributed by atoms with E-state index >= 15 is 0 Å². The van der Waals surface area contributed by atoms with E-state index in [0.29, 0.717) is 5.56 Å². The Bertz CT molecular complexity index is 706. The molecule has 0 fully saturated rings. The van der Waals surface area contributed by atoms with Crippen LogP contribution in [0.5, 0.6) is 5.75 Å². The number of pyridine rings is 1. The molecule has 0 bridgehead atoms. The van der Waals surface area contributed by atoms with Crippen molar-refractivity contribution in [2.45, 2.75) is 18.6 Å². The first-order chi connectivity index (χ1) is 11.1. The minimum Gasteiger partial charge on any atom is -0.481 e. The zero-order chi connectivity index (χ0) is 16.8. The van der Waals surface area contributed by atoms with Gasteiger partial charge in [-0.2, -0.15) is 5.26 Å².